The number of amides is 3. The first-order valence-electron chi connectivity index (χ1n) is 9.90. The van der Waals surface area contributed by atoms with Crippen LogP contribution in [0, 0.1) is 12.3 Å². The van der Waals surface area contributed by atoms with Crippen molar-refractivity contribution in [1.29, 1.82) is 0 Å². The summed E-state index contributed by atoms with van der Waals surface area (Å²) in [6, 6.07) is 6.75. The Kier molecular flexibility index (Phi) is 6.83. The van der Waals surface area contributed by atoms with Gasteiger partial charge in [0.25, 0.3) is 5.91 Å². The van der Waals surface area contributed by atoms with Crippen molar-refractivity contribution in [2.24, 2.45) is 10.2 Å². The summed E-state index contributed by atoms with van der Waals surface area (Å²) in [6.07, 6.45) is 9.11. The smallest absolute Gasteiger partial charge is 0.321 e. The quantitative estimate of drug-likeness (QED) is 0.660. The molecule has 29 heavy (non-hydrogen) atoms. The van der Waals surface area contributed by atoms with Crippen molar-refractivity contribution in [2.45, 2.75) is 43.9 Å². The van der Waals surface area contributed by atoms with E-state index < -0.39 is 5.66 Å². The highest BCUT2D eigenvalue weighted by Crippen LogP contribution is 2.36. The number of hydrogen-bond acceptors (Lipinski definition) is 5. The summed E-state index contributed by atoms with van der Waals surface area (Å²) in [5.41, 5.74) is 0.670. The first-order chi connectivity index (χ1) is 14.0. The lowest BCUT2D eigenvalue weighted by Gasteiger charge is -2.31. The number of benzene rings is 1. The Labute approximate surface area is 171 Å². The van der Waals surface area contributed by atoms with Crippen LogP contribution in [0.1, 0.15) is 42.5 Å². The summed E-state index contributed by atoms with van der Waals surface area (Å²) in [4.78, 5) is 26.7. The van der Waals surface area contributed by atoms with Crippen LogP contribution in [-0.4, -0.2) is 55.3 Å². The maximum absolute atomic E-state index is 12.5. The van der Waals surface area contributed by atoms with Crippen molar-refractivity contribution in [1.82, 2.24) is 10.2 Å². The number of carbonyl (C=O) groups excluding carboxylic acids is 2. The normalized spacial score (nSPS) is 17.4. The molecule has 0 radical (unpaired) electrons. The Morgan fingerprint density at radius 1 is 1.31 bits per heavy atom. The number of carbonyl (C=O) groups is 2. The first kappa shape index (κ1) is 20.8. The van der Waals surface area contributed by atoms with Gasteiger partial charge in [-0.2, -0.15) is 10.2 Å². The molecule has 0 saturated carbocycles. The molecular formula is C21H27N5O3. The average molecular weight is 397 g/mol. The number of nitrogens with zero attached hydrogens (tertiary/aromatic N) is 3. The summed E-state index contributed by atoms with van der Waals surface area (Å²) in [7, 11) is 1.70. The second kappa shape index (κ2) is 9.52. The van der Waals surface area contributed by atoms with Crippen LogP contribution in [0.4, 0.5) is 10.5 Å². The van der Waals surface area contributed by atoms with Gasteiger partial charge < -0.3 is 20.3 Å². The molecule has 8 nitrogen and oxygen atoms in total. The molecule has 1 fully saturated rings. The Morgan fingerprint density at radius 2 is 2.07 bits per heavy atom. The molecule has 2 N–H and O–H groups in total. The number of hydrogen-bond donors (Lipinski definition) is 2. The minimum atomic E-state index is -0.411. The molecule has 8 heteroatoms. The molecule has 3 amide bonds. The lowest BCUT2D eigenvalue weighted by Crippen LogP contribution is -2.42. The number of likely N-dealkylation sites (tertiary alicyclic amines) is 1. The molecule has 3 rings (SSSR count). The molecule has 2 heterocycles. The fourth-order valence-electron chi connectivity index (χ4n) is 3.38. The van der Waals surface area contributed by atoms with E-state index >= 15 is 0 Å². The van der Waals surface area contributed by atoms with Crippen LogP contribution in [0.15, 0.2) is 34.5 Å². The third-order valence-corrected chi connectivity index (χ3v) is 5.30. The van der Waals surface area contributed by atoms with E-state index in [-0.39, 0.29) is 18.0 Å². The van der Waals surface area contributed by atoms with Gasteiger partial charge in [-0.05, 0) is 31.0 Å². The van der Waals surface area contributed by atoms with E-state index in [0.717, 1.165) is 12.8 Å². The molecule has 1 aromatic rings. The van der Waals surface area contributed by atoms with E-state index in [1.165, 1.54) is 0 Å². The van der Waals surface area contributed by atoms with Gasteiger partial charge in [0.2, 0.25) is 0 Å². The SMILES string of the molecule is C#CCCC1(CCNC(=O)c2cccc(NC(=O)N3CCC(OC)CC3)c2)N=N1. The molecule has 0 spiro atoms. The van der Waals surface area contributed by atoms with Crippen LogP contribution in [0.2, 0.25) is 0 Å². The Balaban J connectivity index is 1.47. The zero-order valence-corrected chi connectivity index (χ0v) is 16.7. The number of nitrogens with one attached hydrogen (secondary N) is 2. The molecule has 1 aromatic carbocycles. The number of rotatable bonds is 8. The van der Waals surface area contributed by atoms with E-state index in [4.69, 9.17) is 11.2 Å². The predicted octanol–water partition coefficient (Wildman–Crippen LogP) is 3.02. The van der Waals surface area contributed by atoms with Gasteiger partial charge in [-0.25, -0.2) is 4.79 Å². The van der Waals surface area contributed by atoms with Gasteiger partial charge in [-0.1, -0.05) is 6.07 Å². The van der Waals surface area contributed by atoms with Crippen LogP contribution in [0.25, 0.3) is 0 Å². The number of terminal acetylenes is 1. The van der Waals surface area contributed by atoms with Crippen molar-refractivity contribution >= 4 is 17.6 Å². The lowest BCUT2D eigenvalue weighted by molar-refractivity contribution is 0.0521. The summed E-state index contributed by atoms with van der Waals surface area (Å²) < 4.78 is 5.33. The van der Waals surface area contributed by atoms with Gasteiger partial charge in [0.05, 0.1) is 6.10 Å². The summed E-state index contributed by atoms with van der Waals surface area (Å²) in [5, 5.41) is 13.9. The predicted molar refractivity (Wildman–Crippen MR) is 110 cm³/mol. The molecule has 0 bridgehead atoms. The largest absolute Gasteiger partial charge is 0.381 e. The number of piperidine rings is 1. The minimum Gasteiger partial charge on any atom is -0.381 e. The van der Waals surface area contributed by atoms with Gasteiger partial charge in [0, 0.05) is 57.3 Å². The van der Waals surface area contributed by atoms with Gasteiger partial charge in [0.15, 0.2) is 5.66 Å². The van der Waals surface area contributed by atoms with Gasteiger partial charge in [-0.15, -0.1) is 12.3 Å². The molecule has 2 aliphatic heterocycles. The topological polar surface area (TPSA) is 95.4 Å². The average Bonchev–Trinajstić information content (AvgIpc) is 3.52. The summed E-state index contributed by atoms with van der Waals surface area (Å²) in [6.45, 7) is 1.77. The Bertz CT molecular complexity index is 803. The highest BCUT2D eigenvalue weighted by atomic mass is 16.5. The van der Waals surface area contributed by atoms with Crippen molar-refractivity contribution in [3.8, 4) is 12.3 Å². The fourth-order valence-corrected chi connectivity index (χ4v) is 3.38. The van der Waals surface area contributed by atoms with Crippen molar-refractivity contribution in [3.05, 3.63) is 29.8 Å². The number of anilines is 1. The first-order valence-corrected chi connectivity index (χ1v) is 9.90. The van der Waals surface area contributed by atoms with Crippen LogP contribution in [0.3, 0.4) is 0 Å². The van der Waals surface area contributed by atoms with Crippen LogP contribution in [-0.2, 0) is 4.74 Å². The molecule has 2 aliphatic rings. The number of urea groups is 1. The Hall–Kier alpha value is -2.92. The zero-order valence-electron chi connectivity index (χ0n) is 16.7. The molecule has 0 aromatic heterocycles. The summed E-state index contributed by atoms with van der Waals surface area (Å²) in [5.74, 6) is 2.39. The highest BCUT2D eigenvalue weighted by molar-refractivity contribution is 5.96. The molecular weight excluding hydrogens is 370 g/mol. The van der Waals surface area contributed by atoms with Gasteiger partial charge in [0.1, 0.15) is 0 Å². The van der Waals surface area contributed by atoms with Crippen LogP contribution >= 0.6 is 0 Å². The third kappa shape index (κ3) is 5.78. The summed E-state index contributed by atoms with van der Waals surface area (Å²) >= 11 is 0. The molecule has 0 aliphatic carbocycles. The van der Waals surface area contributed by atoms with Crippen molar-refractivity contribution in [2.75, 3.05) is 32.1 Å². The van der Waals surface area contributed by atoms with Crippen LogP contribution in [0.5, 0.6) is 0 Å². The number of ether oxygens (including phenoxy) is 1. The fraction of sp³-hybridized carbons (Fsp3) is 0.524. The Morgan fingerprint density at radius 3 is 2.72 bits per heavy atom. The monoisotopic (exact) mass is 397 g/mol. The van der Waals surface area contributed by atoms with Gasteiger partial charge in [-0.3, -0.25) is 4.79 Å². The van der Waals surface area contributed by atoms with E-state index in [2.05, 4.69) is 26.8 Å². The van der Waals surface area contributed by atoms with E-state index in [9.17, 15) is 9.59 Å². The number of methoxy groups -OCH3 is 1. The van der Waals surface area contributed by atoms with Crippen LogP contribution < -0.4 is 10.6 Å². The van der Waals surface area contributed by atoms with Gasteiger partial charge >= 0.3 is 6.03 Å². The van der Waals surface area contributed by atoms with E-state index in [1.54, 1.807) is 36.3 Å². The minimum absolute atomic E-state index is 0.162. The third-order valence-electron chi connectivity index (χ3n) is 5.30. The zero-order chi connectivity index (χ0) is 20.7. The lowest BCUT2D eigenvalue weighted by atomic mass is 10.0. The molecule has 0 atom stereocenters. The standard InChI is InChI=1S/C21H27N5O3/c1-3-4-10-21(24-25-21)11-12-22-19(27)16-6-5-7-17(15-16)23-20(28)26-13-8-18(29-2)9-14-26/h1,5-7,15,18H,4,8-14H2,2H3,(H,22,27)(H,23,28). The van der Waals surface area contributed by atoms with Crippen molar-refractivity contribution in [3.63, 3.8) is 0 Å². The maximum Gasteiger partial charge on any atom is 0.321 e. The molecule has 1 saturated heterocycles. The second-order valence-electron chi connectivity index (χ2n) is 7.33. The van der Waals surface area contributed by atoms with Crippen molar-refractivity contribution < 1.29 is 14.3 Å². The second-order valence-corrected chi connectivity index (χ2v) is 7.33. The molecule has 154 valence electrons. The maximum atomic E-state index is 12.5. The van der Waals surface area contributed by atoms with E-state index in [0.29, 0.717) is 50.1 Å². The highest BCUT2D eigenvalue weighted by Gasteiger charge is 2.38. The molecule has 0 unspecified atom stereocenters. The van der Waals surface area contributed by atoms with E-state index in [1.807, 2.05) is 0 Å².